The first kappa shape index (κ1) is 25.3. The van der Waals surface area contributed by atoms with Gasteiger partial charge in [-0.05, 0) is 48.4 Å². The average Bonchev–Trinajstić information content (AvgIpc) is 3.25. The molecule has 0 radical (unpaired) electrons. The molecule has 2 amide bonds. The number of fused-ring (bicyclic) bond motifs is 1. The van der Waals surface area contributed by atoms with Gasteiger partial charge in [-0.2, -0.15) is 0 Å². The monoisotopic (exact) mass is 461 g/mol. The van der Waals surface area contributed by atoms with Crippen molar-refractivity contribution < 1.29 is 9.59 Å². The van der Waals surface area contributed by atoms with E-state index in [2.05, 4.69) is 36.1 Å². The molecule has 0 bridgehead atoms. The third kappa shape index (κ3) is 6.58. The van der Waals surface area contributed by atoms with Crippen LogP contribution in [0.15, 0.2) is 42.5 Å². The van der Waals surface area contributed by atoms with Crippen molar-refractivity contribution in [3.63, 3.8) is 0 Å². The van der Waals surface area contributed by atoms with Gasteiger partial charge in [-0.1, -0.05) is 50.2 Å². The van der Waals surface area contributed by atoms with E-state index < -0.39 is 0 Å². The van der Waals surface area contributed by atoms with Gasteiger partial charge >= 0.3 is 0 Å². The molecule has 0 aliphatic carbocycles. The number of carbonyl (C=O) groups excluding carboxylic acids is 2. The van der Waals surface area contributed by atoms with Crippen LogP contribution in [0, 0.1) is 19.4 Å². The lowest BCUT2D eigenvalue weighted by molar-refractivity contribution is -0.145. The molecule has 0 saturated heterocycles. The van der Waals surface area contributed by atoms with Crippen LogP contribution in [0.5, 0.6) is 0 Å². The minimum absolute atomic E-state index is 0.0467. The van der Waals surface area contributed by atoms with E-state index in [-0.39, 0.29) is 24.9 Å². The highest BCUT2D eigenvalue weighted by molar-refractivity contribution is 5.87. The summed E-state index contributed by atoms with van der Waals surface area (Å²) >= 11 is 0. The summed E-state index contributed by atoms with van der Waals surface area (Å²) in [5, 5.41) is 6.65. The van der Waals surface area contributed by atoms with Crippen LogP contribution in [0.2, 0.25) is 0 Å². The summed E-state index contributed by atoms with van der Waals surface area (Å²) in [6, 6.07) is 13.6. The third-order valence-corrected chi connectivity index (χ3v) is 6.21. The van der Waals surface area contributed by atoms with Crippen LogP contribution in [0.25, 0.3) is 4.85 Å². The van der Waals surface area contributed by atoms with Crippen LogP contribution in [0.4, 0.5) is 11.4 Å². The van der Waals surface area contributed by atoms with Crippen molar-refractivity contribution in [2.75, 3.05) is 31.6 Å². The minimum Gasteiger partial charge on any atom is -0.355 e. The van der Waals surface area contributed by atoms with Gasteiger partial charge in [0.15, 0.2) is 5.69 Å². The maximum Gasteiger partial charge on any atom is 0.256 e. The Morgan fingerprint density at radius 2 is 1.79 bits per heavy atom. The Labute approximate surface area is 203 Å². The van der Waals surface area contributed by atoms with E-state index in [0.29, 0.717) is 31.2 Å². The molecular weight excluding hydrogens is 426 g/mol. The van der Waals surface area contributed by atoms with Crippen molar-refractivity contribution in [2.45, 2.75) is 46.7 Å². The highest BCUT2D eigenvalue weighted by Crippen LogP contribution is 2.27. The number of hydrazine groups is 1. The molecule has 7 nitrogen and oxygen atoms in total. The Hall–Kier alpha value is -3.37. The molecule has 3 rings (SSSR count). The largest absolute Gasteiger partial charge is 0.355 e. The second-order valence-electron chi connectivity index (χ2n) is 9.33. The molecule has 0 aromatic heterocycles. The van der Waals surface area contributed by atoms with E-state index >= 15 is 0 Å². The van der Waals surface area contributed by atoms with Gasteiger partial charge in [0.2, 0.25) is 5.91 Å². The molecule has 34 heavy (non-hydrogen) atoms. The standard InChI is InChI=1S/C27H35N5O2/c1-20(2)9-8-14-29-26(33)18-31(25-15-24(28-4)13-12-21(25)3)19-27(34)30(5)32-16-22-10-6-7-11-23(22)17-32/h6-7,10-13,15,20H,8-9,14,16-19H2,1-3,5H3,(H,29,33). The molecular formula is C27H35N5O2. The number of nitrogens with zero attached hydrogens (tertiary/aromatic N) is 4. The molecule has 0 atom stereocenters. The minimum atomic E-state index is -0.125. The lowest BCUT2D eigenvalue weighted by Crippen LogP contribution is -2.48. The van der Waals surface area contributed by atoms with Crippen molar-refractivity contribution in [2.24, 2.45) is 5.92 Å². The number of anilines is 1. The number of hydrogen-bond acceptors (Lipinski definition) is 4. The first-order valence-corrected chi connectivity index (χ1v) is 11.9. The van der Waals surface area contributed by atoms with Gasteiger partial charge in [-0.3, -0.25) is 14.6 Å². The zero-order valence-electron chi connectivity index (χ0n) is 20.7. The summed E-state index contributed by atoms with van der Waals surface area (Å²) in [6.07, 6.45) is 1.98. The third-order valence-electron chi connectivity index (χ3n) is 6.21. The second-order valence-corrected chi connectivity index (χ2v) is 9.33. The van der Waals surface area contributed by atoms with Crippen LogP contribution >= 0.6 is 0 Å². The predicted octanol–water partition coefficient (Wildman–Crippen LogP) is 4.29. The van der Waals surface area contributed by atoms with Gasteiger partial charge < -0.3 is 10.2 Å². The number of benzene rings is 2. The number of aryl methyl sites for hydroxylation is 1. The van der Waals surface area contributed by atoms with Gasteiger partial charge in [0.25, 0.3) is 5.91 Å². The molecule has 1 aliphatic rings. The quantitative estimate of drug-likeness (QED) is 0.424. The highest BCUT2D eigenvalue weighted by atomic mass is 16.2. The lowest BCUT2D eigenvalue weighted by atomic mass is 10.1. The molecule has 0 unspecified atom stereocenters. The summed E-state index contributed by atoms with van der Waals surface area (Å²) in [5.41, 5.74) is 4.58. The summed E-state index contributed by atoms with van der Waals surface area (Å²) in [5.74, 6) is 0.366. The number of nitrogens with one attached hydrogen (secondary N) is 1. The molecule has 0 spiro atoms. The number of carbonyl (C=O) groups is 2. The van der Waals surface area contributed by atoms with Crippen LogP contribution in [0.3, 0.4) is 0 Å². The number of likely N-dealkylation sites (N-methyl/N-ethyl adjacent to an activating group) is 1. The Balaban J connectivity index is 1.71. The molecule has 2 aromatic carbocycles. The van der Waals surface area contributed by atoms with Gasteiger partial charge in [0.1, 0.15) is 0 Å². The Morgan fingerprint density at radius 1 is 1.12 bits per heavy atom. The molecule has 2 aromatic rings. The van der Waals surface area contributed by atoms with E-state index in [1.807, 2.05) is 30.1 Å². The lowest BCUT2D eigenvalue weighted by Gasteiger charge is -2.32. The van der Waals surface area contributed by atoms with Gasteiger partial charge in [0, 0.05) is 32.4 Å². The van der Waals surface area contributed by atoms with E-state index in [9.17, 15) is 9.59 Å². The van der Waals surface area contributed by atoms with Gasteiger partial charge in [0.05, 0.1) is 19.7 Å². The fraction of sp³-hybridized carbons (Fsp3) is 0.444. The number of rotatable bonds is 10. The number of hydrogen-bond donors (Lipinski definition) is 1. The Kier molecular flexibility index (Phi) is 8.67. The maximum atomic E-state index is 13.3. The SMILES string of the molecule is [C-]#[N+]c1ccc(C)c(N(CC(=O)NCCCC(C)C)CC(=O)N(C)N2Cc3ccccc3C2)c1. The molecule has 7 heteroatoms. The predicted molar refractivity (Wildman–Crippen MR) is 135 cm³/mol. The van der Waals surface area contributed by atoms with Crippen molar-refractivity contribution in [1.29, 1.82) is 0 Å². The van der Waals surface area contributed by atoms with Crippen LogP contribution in [0.1, 0.15) is 43.4 Å². The van der Waals surface area contributed by atoms with E-state index in [1.165, 1.54) is 11.1 Å². The van der Waals surface area contributed by atoms with Crippen LogP contribution < -0.4 is 10.2 Å². The summed E-state index contributed by atoms with van der Waals surface area (Å²) in [7, 11) is 1.78. The molecule has 1 heterocycles. The fourth-order valence-corrected chi connectivity index (χ4v) is 4.15. The van der Waals surface area contributed by atoms with Gasteiger partial charge in [-0.25, -0.2) is 9.85 Å². The zero-order valence-corrected chi connectivity index (χ0v) is 20.7. The molecule has 1 aliphatic heterocycles. The maximum absolute atomic E-state index is 13.3. The van der Waals surface area contributed by atoms with Gasteiger partial charge in [-0.15, -0.1) is 0 Å². The van der Waals surface area contributed by atoms with Crippen LogP contribution in [-0.4, -0.2) is 48.5 Å². The smallest absolute Gasteiger partial charge is 0.256 e. The molecule has 180 valence electrons. The first-order valence-electron chi connectivity index (χ1n) is 11.9. The molecule has 0 fully saturated rings. The second kappa shape index (κ2) is 11.7. The topological polar surface area (TPSA) is 60.3 Å². The zero-order chi connectivity index (χ0) is 24.7. The van der Waals surface area contributed by atoms with E-state index in [1.54, 1.807) is 29.1 Å². The summed E-state index contributed by atoms with van der Waals surface area (Å²) < 4.78 is 0. The normalized spacial score (nSPS) is 12.8. The van der Waals surface area contributed by atoms with Crippen LogP contribution in [-0.2, 0) is 22.7 Å². The summed E-state index contributed by atoms with van der Waals surface area (Å²) in [6.45, 7) is 15.7. The Bertz CT molecular complexity index is 1030. The van der Waals surface area contributed by atoms with Crippen molar-refractivity contribution in [3.8, 4) is 0 Å². The van der Waals surface area contributed by atoms with E-state index in [0.717, 1.165) is 24.1 Å². The number of amides is 2. The fourth-order valence-electron chi connectivity index (χ4n) is 4.15. The van der Waals surface area contributed by atoms with Crippen molar-refractivity contribution in [1.82, 2.24) is 15.3 Å². The van der Waals surface area contributed by atoms with Crippen molar-refractivity contribution in [3.05, 3.63) is 70.6 Å². The van der Waals surface area contributed by atoms with Crippen molar-refractivity contribution >= 4 is 23.2 Å². The van der Waals surface area contributed by atoms with E-state index in [4.69, 9.17) is 6.57 Å². The first-order chi connectivity index (χ1) is 16.3. The average molecular weight is 462 g/mol. The summed E-state index contributed by atoms with van der Waals surface area (Å²) in [4.78, 5) is 31.4. The molecule has 1 N–H and O–H groups in total. The highest BCUT2D eigenvalue weighted by Gasteiger charge is 2.27. The molecule has 0 saturated carbocycles. The Morgan fingerprint density at radius 3 is 2.41 bits per heavy atom.